The summed E-state index contributed by atoms with van der Waals surface area (Å²) in [7, 11) is 0. The molecule has 1 amide bonds. The minimum absolute atomic E-state index is 0.0454. The fraction of sp³-hybridized carbons (Fsp3) is 0.435. The number of carboxylic acids is 1. The summed E-state index contributed by atoms with van der Waals surface area (Å²) in [5, 5.41) is 9.64. The van der Waals surface area contributed by atoms with E-state index in [1.54, 1.807) is 49.9 Å². The number of likely N-dealkylation sites (tertiary alicyclic amines) is 1. The second-order valence-corrected chi connectivity index (χ2v) is 10.3. The first-order valence-electron chi connectivity index (χ1n) is 10.5. The molecule has 33 heavy (non-hydrogen) atoms. The Balaban J connectivity index is 1.80. The number of piperidine rings is 1. The van der Waals surface area contributed by atoms with Gasteiger partial charge in [0.1, 0.15) is 11.4 Å². The minimum atomic E-state index is -1.18. The molecule has 3 rings (SSSR count). The van der Waals surface area contributed by atoms with E-state index in [2.05, 4.69) is 15.9 Å². The maximum absolute atomic E-state index is 12.4. The zero-order valence-corrected chi connectivity index (χ0v) is 21.1. The number of nitrogens with zero attached hydrogens (tertiary/aromatic N) is 1. The predicted molar refractivity (Wildman–Crippen MR) is 127 cm³/mol. The van der Waals surface area contributed by atoms with Gasteiger partial charge in [0.25, 0.3) is 0 Å². The summed E-state index contributed by atoms with van der Waals surface area (Å²) in [6.07, 6.45) is 2.63. The molecule has 1 fully saturated rings. The number of thiophene rings is 1. The van der Waals surface area contributed by atoms with Crippen molar-refractivity contribution in [1.82, 2.24) is 4.90 Å². The minimum Gasteiger partial charge on any atom is -0.479 e. The Hall–Kier alpha value is -2.59. The van der Waals surface area contributed by atoms with Gasteiger partial charge in [-0.3, -0.25) is 0 Å². The number of carbonyl (C=O) groups excluding carboxylic acids is 2. The molecule has 0 atom stereocenters. The van der Waals surface area contributed by atoms with E-state index in [-0.39, 0.29) is 10.6 Å². The van der Waals surface area contributed by atoms with Crippen LogP contribution in [0.1, 0.15) is 49.7 Å². The smallest absolute Gasteiger partial charge is 0.415 e. The third-order valence-electron chi connectivity index (χ3n) is 4.67. The van der Waals surface area contributed by atoms with Gasteiger partial charge in [-0.15, -0.1) is 11.3 Å². The van der Waals surface area contributed by atoms with E-state index in [0.717, 1.165) is 30.6 Å². The number of carbonyl (C=O) groups is 3. The Labute approximate surface area is 204 Å². The van der Waals surface area contributed by atoms with Crippen molar-refractivity contribution < 1.29 is 33.7 Å². The zero-order chi connectivity index (χ0) is 24.2. The second kappa shape index (κ2) is 10.6. The van der Waals surface area contributed by atoms with Crippen LogP contribution in [0.25, 0.3) is 10.4 Å². The van der Waals surface area contributed by atoms with Crippen LogP contribution >= 0.6 is 27.3 Å². The summed E-state index contributed by atoms with van der Waals surface area (Å²) >= 11 is 4.40. The molecule has 1 aliphatic rings. The van der Waals surface area contributed by atoms with Gasteiger partial charge in [0.15, 0.2) is 17.2 Å². The molecule has 2 heterocycles. The van der Waals surface area contributed by atoms with E-state index in [1.807, 2.05) is 0 Å². The summed E-state index contributed by atoms with van der Waals surface area (Å²) in [5.74, 6) is -1.38. The van der Waals surface area contributed by atoms with Crippen molar-refractivity contribution in [3.05, 3.63) is 33.6 Å². The van der Waals surface area contributed by atoms with Gasteiger partial charge in [-0.2, -0.15) is 0 Å². The number of rotatable bonds is 6. The maximum atomic E-state index is 12.4. The van der Waals surface area contributed by atoms with E-state index >= 15 is 0 Å². The van der Waals surface area contributed by atoms with Crippen LogP contribution in [-0.4, -0.2) is 53.3 Å². The number of hydrogen-bond donors (Lipinski definition) is 1. The predicted octanol–water partition coefficient (Wildman–Crippen LogP) is 5.58. The molecule has 0 spiro atoms. The summed E-state index contributed by atoms with van der Waals surface area (Å²) in [6, 6.07) is 6.84. The molecule has 2 aromatic rings. The Bertz CT molecular complexity index is 1040. The first-order valence-corrected chi connectivity index (χ1v) is 12.1. The Morgan fingerprint density at radius 3 is 2.48 bits per heavy atom. The van der Waals surface area contributed by atoms with E-state index in [0.29, 0.717) is 33.8 Å². The SMILES string of the molecule is CC(C)(C)OC(=O)COc1c(C(=O)O)sc(-c2cccc(OC(=O)N3CCCCC3)c2)c1Br. The van der Waals surface area contributed by atoms with Crippen molar-refractivity contribution in [3.8, 4) is 21.9 Å². The summed E-state index contributed by atoms with van der Waals surface area (Å²) in [4.78, 5) is 38.4. The third-order valence-corrected chi connectivity index (χ3v) is 6.90. The van der Waals surface area contributed by atoms with E-state index in [4.69, 9.17) is 14.2 Å². The number of esters is 1. The molecule has 1 aromatic heterocycles. The normalized spacial score (nSPS) is 14.0. The molecular formula is C23H26BrNO7S. The molecule has 0 aliphatic carbocycles. The second-order valence-electron chi connectivity index (χ2n) is 8.53. The van der Waals surface area contributed by atoms with Crippen LogP contribution in [-0.2, 0) is 9.53 Å². The molecule has 1 aromatic carbocycles. The number of carboxylic acid groups (broad SMARTS) is 1. The van der Waals surface area contributed by atoms with Crippen molar-refractivity contribution in [2.24, 2.45) is 0 Å². The van der Waals surface area contributed by atoms with Crippen LogP contribution in [0.15, 0.2) is 28.7 Å². The van der Waals surface area contributed by atoms with Crippen molar-refractivity contribution in [1.29, 1.82) is 0 Å². The summed E-state index contributed by atoms with van der Waals surface area (Å²) in [6.45, 7) is 6.12. The zero-order valence-electron chi connectivity index (χ0n) is 18.7. The van der Waals surface area contributed by atoms with Crippen LogP contribution in [0.5, 0.6) is 11.5 Å². The Kier molecular flexibility index (Phi) is 8.01. The molecular weight excluding hydrogens is 514 g/mol. The molecule has 0 bridgehead atoms. The van der Waals surface area contributed by atoms with Crippen LogP contribution in [0.4, 0.5) is 4.79 Å². The highest BCUT2D eigenvalue weighted by Crippen LogP contribution is 2.46. The van der Waals surface area contributed by atoms with Crippen LogP contribution < -0.4 is 9.47 Å². The number of ether oxygens (including phenoxy) is 3. The standard InChI is InChI=1S/C23H26BrNO7S/c1-23(2,3)32-16(26)13-30-18-17(24)19(33-20(18)21(27)28)14-8-7-9-15(12-14)31-22(29)25-10-5-4-6-11-25/h7-9,12H,4-6,10-11,13H2,1-3H3,(H,27,28). The Morgan fingerprint density at radius 1 is 1.15 bits per heavy atom. The fourth-order valence-electron chi connectivity index (χ4n) is 3.30. The number of benzene rings is 1. The number of hydrogen-bond acceptors (Lipinski definition) is 7. The lowest BCUT2D eigenvalue weighted by Gasteiger charge is -2.25. The van der Waals surface area contributed by atoms with E-state index in [1.165, 1.54) is 0 Å². The molecule has 1 saturated heterocycles. The van der Waals surface area contributed by atoms with Gasteiger partial charge in [-0.25, -0.2) is 14.4 Å². The highest BCUT2D eigenvalue weighted by Gasteiger charge is 2.26. The molecule has 8 nitrogen and oxygen atoms in total. The number of halogens is 1. The highest BCUT2D eigenvalue weighted by molar-refractivity contribution is 9.10. The first kappa shape index (κ1) is 25.0. The third kappa shape index (κ3) is 6.70. The monoisotopic (exact) mass is 539 g/mol. The average molecular weight is 540 g/mol. The van der Waals surface area contributed by atoms with Gasteiger partial charge in [0.05, 0.1) is 9.35 Å². The topological polar surface area (TPSA) is 102 Å². The highest BCUT2D eigenvalue weighted by atomic mass is 79.9. The van der Waals surface area contributed by atoms with Crippen LogP contribution in [0.2, 0.25) is 0 Å². The lowest BCUT2D eigenvalue weighted by atomic mass is 10.1. The maximum Gasteiger partial charge on any atom is 0.415 e. The van der Waals surface area contributed by atoms with Gasteiger partial charge in [0, 0.05) is 13.1 Å². The number of aromatic carboxylic acids is 1. The lowest BCUT2D eigenvalue weighted by molar-refractivity contribution is -0.157. The van der Waals surface area contributed by atoms with Crippen molar-refractivity contribution in [2.45, 2.75) is 45.6 Å². The molecule has 1 N–H and O–H groups in total. The van der Waals surface area contributed by atoms with Gasteiger partial charge in [-0.05, 0) is 73.7 Å². The fourth-order valence-corrected chi connectivity index (χ4v) is 5.18. The van der Waals surface area contributed by atoms with E-state index < -0.39 is 30.2 Å². The van der Waals surface area contributed by atoms with Gasteiger partial charge in [0.2, 0.25) is 0 Å². The van der Waals surface area contributed by atoms with Gasteiger partial charge < -0.3 is 24.2 Å². The van der Waals surface area contributed by atoms with Gasteiger partial charge >= 0.3 is 18.0 Å². The molecule has 0 unspecified atom stereocenters. The molecule has 178 valence electrons. The van der Waals surface area contributed by atoms with Crippen LogP contribution in [0, 0.1) is 0 Å². The van der Waals surface area contributed by atoms with Crippen molar-refractivity contribution >= 4 is 45.3 Å². The van der Waals surface area contributed by atoms with Crippen LogP contribution in [0.3, 0.4) is 0 Å². The molecule has 10 heteroatoms. The summed E-state index contributed by atoms with van der Waals surface area (Å²) < 4.78 is 16.7. The van der Waals surface area contributed by atoms with Crippen molar-refractivity contribution in [2.75, 3.05) is 19.7 Å². The largest absolute Gasteiger partial charge is 0.479 e. The van der Waals surface area contributed by atoms with Gasteiger partial charge in [-0.1, -0.05) is 12.1 Å². The molecule has 1 aliphatic heterocycles. The lowest BCUT2D eigenvalue weighted by Crippen LogP contribution is -2.37. The first-order chi connectivity index (χ1) is 15.5. The van der Waals surface area contributed by atoms with Crippen molar-refractivity contribution in [3.63, 3.8) is 0 Å². The number of amides is 1. The Morgan fingerprint density at radius 2 is 1.85 bits per heavy atom. The molecule has 0 saturated carbocycles. The summed E-state index contributed by atoms with van der Waals surface area (Å²) in [5.41, 5.74) is -0.0374. The quantitative estimate of drug-likeness (QED) is 0.477. The average Bonchev–Trinajstić information content (AvgIpc) is 3.08. The van der Waals surface area contributed by atoms with E-state index in [9.17, 15) is 19.5 Å². The molecule has 0 radical (unpaired) electrons.